The van der Waals surface area contributed by atoms with E-state index in [9.17, 15) is 0 Å². The van der Waals surface area contributed by atoms with Gasteiger partial charge in [0.05, 0.1) is 21.4 Å². The van der Waals surface area contributed by atoms with E-state index in [1.807, 2.05) is 0 Å². The summed E-state index contributed by atoms with van der Waals surface area (Å²) in [7, 11) is 0. The van der Waals surface area contributed by atoms with E-state index in [2.05, 4.69) is 23.3 Å². The molecule has 0 aliphatic heterocycles. The van der Waals surface area contributed by atoms with Gasteiger partial charge in [-0.05, 0) is 31.0 Å². The predicted octanol–water partition coefficient (Wildman–Crippen LogP) is 3.79. The summed E-state index contributed by atoms with van der Waals surface area (Å²) in [4.78, 5) is 0. The van der Waals surface area contributed by atoms with Crippen LogP contribution in [0.2, 0.25) is 10.0 Å². The highest BCUT2D eigenvalue weighted by molar-refractivity contribution is 6.42. The van der Waals surface area contributed by atoms with Crippen LogP contribution in [0.4, 0.5) is 0 Å². The lowest BCUT2D eigenvalue weighted by Crippen LogP contribution is -2.03. The van der Waals surface area contributed by atoms with E-state index in [0.29, 0.717) is 15.7 Å². The second kappa shape index (κ2) is 6.05. The van der Waals surface area contributed by atoms with Crippen LogP contribution in [0.25, 0.3) is 5.69 Å². The minimum atomic E-state index is 0.361. The van der Waals surface area contributed by atoms with Crippen LogP contribution in [0.3, 0.4) is 0 Å². The van der Waals surface area contributed by atoms with Crippen LogP contribution < -0.4 is 0 Å². The second-order valence-electron chi connectivity index (χ2n) is 4.11. The molecule has 0 spiro atoms. The molecule has 98 valence electrons. The lowest BCUT2D eigenvalue weighted by Gasteiger charge is -2.07. The van der Waals surface area contributed by atoms with Crippen LogP contribution in [0.15, 0.2) is 18.2 Å². The number of nitriles is 1. The Morgan fingerprint density at radius 1 is 1.32 bits per heavy atom. The minimum Gasteiger partial charge on any atom is -0.216 e. The normalized spacial score (nSPS) is 10.4. The zero-order chi connectivity index (χ0) is 13.8. The average molecular weight is 295 g/mol. The van der Waals surface area contributed by atoms with E-state index >= 15 is 0 Å². The largest absolute Gasteiger partial charge is 0.216 e. The van der Waals surface area contributed by atoms with E-state index in [1.54, 1.807) is 22.9 Å². The van der Waals surface area contributed by atoms with Crippen molar-refractivity contribution in [3.8, 4) is 11.8 Å². The Morgan fingerprint density at radius 3 is 2.74 bits per heavy atom. The maximum Gasteiger partial charge on any atom is 0.186 e. The molecule has 2 rings (SSSR count). The molecule has 0 aliphatic carbocycles. The van der Waals surface area contributed by atoms with Crippen LogP contribution in [-0.2, 0) is 6.42 Å². The molecular formula is C13H12Cl2N4. The van der Waals surface area contributed by atoms with Crippen molar-refractivity contribution in [1.29, 1.82) is 5.26 Å². The van der Waals surface area contributed by atoms with Gasteiger partial charge in [0.1, 0.15) is 6.07 Å². The maximum absolute atomic E-state index is 9.06. The number of unbranched alkanes of at least 4 members (excludes halogenated alkanes) is 1. The highest BCUT2D eigenvalue weighted by Crippen LogP contribution is 2.25. The molecule has 0 N–H and O–H groups in total. The number of halogens is 2. The summed E-state index contributed by atoms with van der Waals surface area (Å²) < 4.78 is 1.65. The number of nitrogens with zero attached hydrogens (tertiary/aromatic N) is 4. The zero-order valence-corrected chi connectivity index (χ0v) is 11.9. The quantitative estimate of drug-likeness (QED) is 0.862. The molecule has 0 amide bonds. The van der Waals surface area contributed by atoms with Crippen LogP contribution in [0.1, 0.15) is 31.2 Å². The van der Waals surface area contributed by atoms with Crippen molar-refractivity contribution in [3.63, 3.8) is 0 Å². The summed E-state index contributed by atoms with van der Waals surface area (Å²) in [6.07, 6.45) is 2.77. The molecule has 1 aromatic heterocycles. The Balaban J connectivity index is 2.46. The van der Waals surface area contributed by atoms with Gasteiger partial charge in [-0.25, -0.2) is 4.68 Å². The smallest absolute Gasteiger partial charge is 0.186 e. The lowest BCUT2D eigenvalue weighted by atomic mass is 10.1. The van der Waals surface area contributed by atoms with Gasteiger partial charge in [-0.1, -0.05) is 41.8 Å². The summed E-state index contributed by atoms with van der Waals surface area (Å²) in [5.41, 5.74) is 1.93. The monoisotopic (exact) mass is 294 g/mol. The number of rotatable bonds is 4. The van der Waals surface area contributed by atoms with E-state index < -0.39 is 0 Å². The predicted molar refractivity (Wildman–Crippen MR) is 74.7 cm³/mol. The molecule has 0 saturated carbocycles. The van der Waals surface area contributed by atoms with E-state index in [0.717, 1.165) is 30.6 Å². The average Bonchev–Trinajstić information content (AvgIpc) is 2.82. The van der Waals surface area contributed by atoms with Gasteiger partial charge in [0, 0.05) is 0 Å². The minimum absolute atomic E-state index is 0.361. The Labute approximate surface area is 121 Å². The molecule has 0 fully saturated rings. The third-order valence-corrected chi connectivity index (χ3v) is 3.52. The van der Waals surface area contributed by atoms with Crippen molar-refractivity contribution in [1.82, 2.24) is 15.0 Å². The Kier molecular flexibility index (Phi) is 4.41. The van der Waals surface area contributed by atoms with Crippen LogP contribution in [0, 0.1) is 11.3 Å². The van der Waals surface area contributed by atoms with Crippen molar-refractivity contribution in [2.24, 2.45) is 0 Å². The molecule has 2 aromatic rings. The first kappa shape index (κ1) is 13.9. The van der Waals surface area contributed by atoms with E-state index in [4.69, 9.17) is 28.5 Å². The molecule has 0 radical (unpaired) electrons. The van der Waals surface area contributed by atoms with Gasteiger partial charge in [-0.15, -0.1) is 5.10 Å². The first-order valence-electron chi connectivity index (χ1n) is 5.97. The first-order chi connectivity index (χ1) is 9.17. The molecule has 0 aliphatic rings. The maximum atomic E-state index is 9.06. The Morgan fingerprint density at radius 2 is 2.11 bits per heavy atom. The summed E-state index contributed by atoms with van der Waals surface area (Å²) in [6.45, 7) is 2.10. The van der Waals surface area contributed by atoms with Crippen molar-refractivity contribution < 1.29 is 0 Å². The Hall–Kier alpha value is -1.57. The molecule has 6 heteroatoms. The number of hydrogen-bond donors (Lipinski definition) is 0. The molecule has 0 unspecified atom stereocenters. The van der Waals surface area contributed by atoms with E-state index in [1.165, 1.54) is 0 Å². The highest BCUT2D eigenvalue weighted by Gasteiger charge is 2.14. The van der Waals surface area contributed by atoms with Crippen molar-refractivity contribution in [3.05, 3.63) is 39.6 Å². The summed E-state index contributed by atoms with van der Waals surface area (Å²) >= 11 is 11.9. The fourth-order valence-electron chi connectivity index (χ4n) is 1.78. The lowest BCUT2D eigenvalue weighted by molar-refractivity contribution is 0.715. The van der Waals surface area contributed by atoms with E-state index in [-0.39, 0.29) is 0 Å². The van der Waals surface area contributed by atoms with Gasteiger partial charge in [-0.2, -0.15) is 5.26 Å². The van der Waals surface area contributed by atoms with Crippen LogP contribution in [0.5, 0.6) is 0 Å². The zero-order valence-electron chi connectivity index (χ0n) is 10.4. The molecule has 0 bridgehead atoms. The van der Waals surface area contributed by atoms with Crippen molar-refractivity contribution in [2.75, 3.05) is 0 Å². The van der Waals surface area contributed by atoms with Gasteiger partial charge in [-0.3, -0.25) is 0 Å². The van der Waals surface area contributed by atoms with Crippen LogP contribution >= 0.6 is 23.2 Å². The van der Waals surface area contributed by atoms with Gasteiger partial charge in [0.2, 0.25) is 0 Å². The number of hydrogen-bond acceptors (Lipinski definition) is 3. The molecule has 0 atom stereocenters. The van der Waals surface area contributed by atoms with Crippen LogP contribution in [-0.4, -0.2) is 15.0 Å². The van der Waals surface area contributed by atoms with Gasteiger partial charge in [0.25, 0.3) is 0 Å². The van der Waals surface area contributed by atoms with Gasteiger partial charge >= 0.3 is 0 Å². The standard InChI is InChI=1S/C13H12Cl2N4/c1-2-3-4-13-12(8-16)17-18-19(13)9-5-6-10(14)11(15)7-9/h5-7H,2-4H2,1H3. The SMILES string of the molecule is CCCCc1c(C#N)nnn1-c1ccc(Cl)c(Cl)c1. The van der Waals surface area contributed by atoms with Gasteiger partial charge in [0.15, 0.2) is 5.69 Å². The molecule has 19 heavy (non-hydrogen) atoms. The molecule has 0 saturated heterocycles. The second-order valence-corrected chi connectivity index (χ2v) is 4.92. The highest BCUT2D eigenvalue weighted by atomic mass is 35.5. The fraction of sp³-hybridized carbons (Fsp3) is 0.308. The third-order valence-electron chi connectivity index (χ3n) is 2.78. The van der Waals surface area contributed by atoms with Gasteiger partial charge < -0.3 is 0 Å². The first-order valence-corrected chi connectivity index (χ1v) is 6.73. The number of benzene rings is 1. The third kappa shape index (κ3) is 2.89. The molecule has 4 nitrogen and oxygen atoms in total. The topological polar surface area (TPSA) is 54.5 Å². The summed E-state index contributed by atoms with van der Waals surface area (Å²) in [5, 5.41) is 17.9. The Bertz CT molecular complexity index is 628. The molecule has 1 aromatic carbocycles. The summed E-state index contributed by atoms with van der Waals surface area (Å²) in [6, 6.07) is 7.29. The number of aromatic nitrogens is 3. The van der Waals surface area contributed by atoms with Crippen molar-refractivity contribution in [2.45, 2.75) is 26.2 Å². The molecular weight excluding hydrogens is 283 g/mol. The fourth-order valence-corrected chi connectivity index (χ4v) is 2.07. The molecule has 1 heterocycles. The van der Waals surface area contributed by atoms with Crippen molar-refractivity contribution >= 4 is 23.2 Å². The summed E-state index contributed by atoms with van der Waals surface area (Å²) in [5.74, 6) is 0.